The first-order valence-electron chi connectivity index (χ1n) is 13.5. The van der Waals surface area contributed by atoms with Crippen LogP contribution in [0.1, 0.15) is 28.4 Å². The van der Waals surface area contributed by atoms with E-state index in [0.29, 0.717) is 31.2 Å². The molecule has 2 atom stereocenters. The quantitative estimate of drug-likeness (QED) is 0.193. The molecule has 4 aromatic carbocycles. The fourth-order valence-corrected chi connectivity index (χ4v) is 4.23. The monoisotopic (exact) mass is 556 g/mol. The molecule has 0 aliphatic rings. The van der Waals surface area contributed by atoms with Gasteiger partial charge >= 0.3 is 0 Å². The van der Waals surface area contributed by atoms with Crippen molar-refractivity contribution in [2.45, 2.75) is 32.2 Å². The molecule has 0 bridgehead atoms. The summed E-state index contributed by atoms with van der Waals surface area (Å²) in [5.74, 6) is 0.870. The summed E-state index contributed by atoms with van der Waals surface area (Å²) < 4.78 is 17.6. The molecule has 4 N–H and O–H groups in total. The van der Waals surface area contributed by atoms with Crippen molar-refractivity contribution in [2.75, 3.05) is 19.8 Å². The Balaban J connectivity index is 1.31. The lowest BCUT2D eigenvalue weighted by molar-refractivity contribution is 0.0410. The van der Waals surface area contributed by atoms with Gasteiger partial charge < -0.3 is 30.2 Å². The van der Waals surface area contributed by atoms with E-state index in [4.69, 9.17) is 19.9 Å². The van der Waals surface area contributed by atoms with Gasteiger partial charge in [-0.1, -0.05) is 60.7 Å². The largest absolute Gasteiger partial charge is 0.507 e. The van der Waals surface area contributed by atoms with Gasteiger partial charge in [-0.2, -0.15) is 0 Å². The van der Waals surface area contributed by atoms with Gasteiger partial charge in [-0.3, -0.25) is 9.69 Å². The van der Waals surface area contributed by atoms with Gasteiger partial charge in [0, 0.05) is 19.1 Å². The first-order valence-corrected chi connectivity index (χ1v) is 13.5. The molecular formula is C33H36N2O6. The summed E-state index contributed by atoms with van der Waals surface area (Å²) in [6.45, 7) is 3.83. The van der Waals surface area contributed by atoms with E-state index in [-0.39, 0.29) is 30.6 Å². The Morgan fingerprint density at radius 1 is 0.780 bits per heavy atom. The number of amides is 1. The highest BCUT2D eigenvalue weighted by atomic mass is 16.5. The minimum Gasteiger partial charge on any atom is -0.507 e. The number of primary amides is 1. The molecule has 2 unspecified atom stereocenters. The second kappa shape index (κ2) is 14.7. The maximum absolute atomic E-state index is 11.6. The molecule has 0 radical (unpaired) electrons. The second-order valence-corrected chi connectivity index (χ2v) is 9.83. The van der Waals surface area contributed by atoms with Gasteiger partial charge in [0.2, 0.25) is 0 Å². The van der Waals surface area contributed by atoms with E-state index in [2.05, 4.69) is 4.90 Å². The average Bonchev–Trinajstić information content (AvgIpc) is 2.99. The molecule has 0 heterocycles. The molecule has 0 aliphatic carbocycles. The second-order valence-electron chi connectivity index (χ2n) is 9.83. The zero-order valence-corrected chi connectivity index (χ0v) is 23.1. The van der Waals surface area contributed by atoms with Gasteiger partial charge in [0.05, 0.1) is 5.56 Å². The van der Waals surface area contributed by atoms with Crippen LogP contribution in [0, 0.1) is 0 Å². The van der Waals surface area contributed by atoms with E-state index in [0.717, 1.165) is 16.9 Å². The third kappa shape index (κ3) is 9.27. The standard InChI is InChI=1S/C33H36N2O6/c1-24(21-39-30-16-17-32(37)31(18-30)33(34)38)35(19-25-8-4-2-5-9-25)20-27(36)23-41-29-14-12-28(13-15-29)40-22-26-10-6-3-7-11-26/h2-18,24,27,36-37H,19-23H2,1H3,(H2,34,38). The predicted octanol–water partition coefficient (Wildman–Crippen LogP) is 4.78. The molecule has 0 fully saturated rings. The van der Waals surface area contributed by atoms with Crippen molar-refractivity contribution in [3.05, 3.63) is 120 Å². The number of carbonyl (C=O) groups is 1. The van der Waals surface area contributed by atoms with Crippen LogP contribution in [0.15, 0.2) is 103 Å². The minimum atomic E-state index is -0.759. The molecule has 0 spiro atoms. The smallest absolute Gasteiger partial charge is 0.252 e. The summed E-state index contributed by atoms with van der Waals surface area (Å²) >= 11 is 0. The van der Waals surface area contributed by atoms with Crippen molar-refractivity contribution in [1.82, 2.24) is 4.90 Å². The zero-order chi connectivity index (χ0) is 29.0. The lowest BCUT2D eigenvalue weighted by Crippen LogP contribution is -2.43. The average molecular weight is 557 g/mol. The van der Waals surface area contributed by atoms with Gasteiger partial charge in [-0.05, 0) is 60.5 Å². The maximum Gasteiger partial charge on any atom is 0.252 e. The number of aromatic hydroxyl groups is 1. The van der Waals surface area contributed by atoms with E-state index in [1.165, 1.54) is 12.1 Å². The SMILES string of the molecule is CC(COc1ccc(O)c(C(N)=O)c1)N(Cc1ccccc1)CC(O)COc1ccc(OCc2ccccc2)cc1. The highest BCUT2D eigenvalue weighted by Crippen LogP contribution is 2.23. The fraction of sp³-hybridized carbons (Fsp3) is 0.242. The number of rotatable bonds is 15. The Morgan fingerprint density at radius 2 is 1.34 bits per heavy atom. The molecule has 4 aromatic rings. The van der Waals surface area contributed by atoms with Gasteiger partial charge in [0.15, 0.2) is 0 Å². The third-order valence-electron chi connectivity index (χ3n) is 6.54. The van der Waals surface area contributed by atoms with Gasteiger partial charge in [-0.15, -0.1) is 0 Å². The summed E-state index contributed by atoms with van der Waals surface area (Å²) in [5, 5.41) is 20.7. The Kier molecular flexibility index (Phi) is 10.6. The van der Waals surface area contributed by atoms with Crippen LogP contribution in [0.3, 0.4) is 0 Å². The van der Waals surface area contributed by atoms with Crippen LogP contribution in [0.4, 0.5) is 0 Å². The highest BCUT2D eigenvalue weighted by Gasteiger charge is 2.20. The number of aliphatic hydroxyl groups is 1. The number of nitrogens with two attached hydrogens (primary N) is 1. The van der Waals surface area contributed by atoms with Crippen LogP contribution in [-0.4, -0.2) is 52.9 Å². The molecule has 0 saturated carbocycles. The van der Waals surface area contributed by atoms with Crippen LogP contribution in [0.2, 0.25) is 0 Å². The van der Waals surface area contributed by atoms with E-state index in [1.54, 1.807) is 6.07 Å². The van der Waals surface area contributed by atoms with E-state index in [9.17, 15) is 15.0 Å². The topological polar surface area (TPSA) is 114 Å². The Morgan fingerprint density at radius 3 is 1.98 bits per heavy atom. The lowest BCUT2D eigenvalue weighted by Gasteiger charge is -2.31. The fourth-order valence-electron chi connectivity index (χ4n) is 4.23. The number of benzene rings is 4. The number of ether oxygens (including phenoxy) is 3. The maximum atomic E-state index is 11.6. The van der Waals surface area contributed by atoms with Crippen molar-refractivity contribution in [2.24, 2.45) is 5.73 Å². The normalized spacial score (nSPS) is 12.5. The van der Waals surface area contributed by atoms with Crippen molar-refractivity contribution in [1.29, 1.82) is 0 Å². The van der Waals surface area contributed by atoms with E-state index < -0.39 is 12.0 Å². The number of hydrogen-bond donors (Lipinski definition) is 3. The number of hydrogen-bond acceptors (Lipinski definition) is 7. The Hall–Kier alpha value is -4.53. The van der Waals surface area contributed by atoms with Crippen LogP contribution >= 0.6 is 0 Å². The Bertz CT molecular complexity index is 1370. The predicted molar refractivity (Wildman–Crippen MR) is 157 cm³/mol. The zero-order valence-electron chi connectivity index (χ0n) is 23.1. The molecule has 1 amide bonds. The third-order valence-corrected chi connectivity index (χ3v) is 6.54. The molecule has 0 saturated heterocycles. The van der Waals surface area contributed by atoms with Gasteiger partial charge in [-0.25, -0.2) is 0 Å². The molecule has 41 heavy (non-hydrogen) atoms. The lowest BCUT2D eigenvalue weighted by atomic mass is 10.1. The first-order chi connectivity index (χ1) is 19.9. The summed E-state index contributed by atoms with van der Waals surface area (Å²) in [4.78, 5) is 13.7. The number of nitrogens with zero attached hydrogens (tertiary/aromatic N) is 1. The molecular weight excluding hydrogens is 520 g/mol. The van der Waals surface area contributed by atoms with Crippen molar-refractivity contribution < 1.29 is 29.2 Å². The molecule has 0 aromatic heterocycles. The number of phenols is 1. The van der Waals surface area contributed by atoms with Gasteiger partial charge in [0.25, 0.3) is 5.91 Å². The number of carbonyl (C=O) groups excluding carboxylic acids is 1. The summed E-state index contributed by atoms with van der Waals surface area (Å²) in [6, 6.07) is 31.6. The van der Waals surface area contributed by atoms with Crippen molar-refractivity contribution in [3.63, 3.8) is 0 Å². The molecule has 214 valence electrons. The van der Waals surface area contributed by atoms with Crippen LogP contribution in [0.25, 0.3) is 0 Å². The van der Waals surface area contributed by atoms with Crippen LogP contribution in [0.5, 0.6) is 23.0 Å². The van der Waals surface area contributed by atoms with Crippen LogP contribution < -0.4 is 19.9 Å². The minimum absolute atomic E-state index is 0.000319. The number of aliphatic hydroxyl groups excluding tert-OH is 1. The molecule has 0 aliphatic heterocycles. The molecule has 8 nitrogen and oxygen atoms in total. The first kappa shape index (κ1) is 29.5. The Labute approximate surface area is 240 Å². The molecule has 8 heteroatoms. The summed E-state index contributed by atoms with van der Waals surface area (Å²) in [5.41, 5.74) is 7.52. The van der Waals surface area contributed by atoms with E-state index in [1.807, 2.05) is 91.9 Å². The summed E-state index contributed by atoms with van der Waals surface area (Å²) in [7, 11) is 0. The molecule has 4 rings (SSSR count). The summed E-state index contributed by atoms with van der Waals surface area (Å²) in [6.07, 6.45) is -0.759. The van der Waals surface area contributed by atoms with Crippen molar-refractivity contribution in [3.8, 4) is 23.0 Å². The van der Waals surface area contributed by atoms with Gasteiger partial charge in [0.1, 0.15) is 48.9 Å². The van der Waals surface area contributed by atoms with Crippen molar-refractivity contribution >= 4 is 5.91 Å². The highest BCUT2D eigenvalue weighted by molar-refractivity contribution is 5.95. The van der Waals surface area contributed by atoms with Crippen LogP contribution in [-0.2, 0) is 13.2 Å². The van der Waals surface area contributed by atoms with E-state index >= 15 is 0 Å².